The van der Waals surface area contributed by atoms with E-state index in [0.717, 1.165) is 38.5 Å². The minimum Gasteiger partial charge on any atom is -0.481 e. The number of esters is 1. The monoisotopic (exact) mass is 354 g/mol. The number of ether oxygens (including phenoxy) is 1. The largest absolute Gasteiger partial charge is 0.481 e. The van der Waals surface area contributed by atoms with Crippen molar-refractivity contribution in [2.45, 2.75) is 98.0 Å². The van der Waals surface area contributed by atoms with Gasteiger partial charge in [0, 0.05) is 0 Å². The Morgan fingerprint density at radius 3 is 2.12 bits per heavy atom. The number of unbranched alkanes of at least 4 members (excludes halogenated alkanes) is 1. The Morgan fingerprint density at radius 2 is 1.52 bits per heavy atom. The molecule has 0 aromatic rings. The summed E-state index contributed by atoms with van der Waals surface area (Å²) in [4.78, 5) is 23.7. The molecule has 1 aliphatic rings. The van der Waals surface area contributed by atoms with Crippen LogP contribution in [-0.4, -0.2) is 23.1 Å². The van der Waals surface area contributed by atoms with Gasteiger partial charge in [0.15, 0.2) is 0 Å². The molecule has 0 radical (unpaired) electrons. The summed E-state index contributed by atoms with van der Waals surface area (Å²) in [5.74, 6) is -0.237. The number of aliphatic carboxylic acids is 1. The van der Waals surface area contributed by atoms with Gasteiger partial charge in [0.1, 0.15) is 6.10 Å². The van der Waals surface area contributed by atoms with Crippen molar-refractivity contribution in [3.8, 4) is 0 Å². The molecule has 0 aromatic carbocycles. The lowest BCUT2D eigenvalue weighted by Gasteiger charge is -2.27. The molecule has 0 aromatic heterocycles. The highest BCUT2D eigenvalue weighted by molar-refractivity contribution is 5.75. The lowest BCUT2D eigenvalue weighted by atomic mass is 9.81. The molecule has 1 N–H and O–H groups in total. The van der Waals surface area contributed by atoms with Crippen LogP contribution >= 0.6 is 0 Å². The van der Waals surface area contributed by atoms with Crippen LogP contribution in [0.3, 0.4) is 0 Å². The van der Waals surface area contributed by atoms with Crippen LogP contribution in [0.15, 0.2) is 0 Å². The average molecular weight is 355 g/mol. The quantitative estimate of drug-likeness (QED) is 0.396. The SMILES string of the molecule is CC(C)CCCCC(CCC(C)C)OC(=O)C1CCCC(C(=O)O)C1. The molecule has 3 unspecified atom stereocenters. The number of hydrogen-bond acceptors (Lipinski definition) is 3. The van der Waals surface area contributed by atoms with Gasteiger partial charge >= 0.3 is 11.9 Å². The van der Waals surface area contributed by atoms with Crippen LogP contribution in [0, 0.1) is 23.7 Å². The Balaban J connectivity index is 2.49. The molecule has 25 heavy (non-hydrogen) atoms. The van der Waals surface area contributed by atoms with Crippen LogP contribution in [-0.2, 0) is 14.3 Å². The number of hydrogen-bond donors (Lipinski definition) is 1. The van der Waals surface area contributed by atoms with Crippen LogP contribution in [0.5, 0.6) is 0 Å². The summed E-state index contributed by atoms with van der Waals surface area (Å²) in [6.45, 7) is 8.85. The molecule has 1 rings (SSSR count). The van der Waals surface area contributed by atoms with E-state index >= 15 is 0 Å². The second kappa shape index (κ2) is 11.5. The van der Waals surface area contributed by atoms with Gasteiger partial charge < -0.3 is 9.84 Å². The number of carbonyl (C=O) groups is 2. The first-order valence-electron chi connectivity index (χ1n) is 10.2. The van der Waals surface area contributed by atoms with E-state index in [-0.39, 0.29) is 23.9 Å². The lowest BCUT2D eigenvalue weighted by molar-refractivity contribution is -0.158. The molecule has 0 amide bonds. The first kappa shape index (κ1) is 22.0. The van der Waals surface area contributed by atoms with E-state index in [1.807, 2.05) is 0 Å². The molecule has 146 valence electrons. The Hall–Kier alpha value is -1.06. The molecule has 0 heterocycles. The maximum atomic E-state index is 12.5. The van der Waals surface area contributed by atoms with Crippen LogP contribution in [0.1, 0.15) is 91.9 Å². The molecule has 4 heteroatoms. The second-order valence-corrected chi connectivity index (χ2v) is 8.61. The van der Waals surface area contributed by atoms with Gasteiger partial charge in [-0.2, -0.15) is 0 Å². The van der Waals surface area contributed by atoms with Crippen LogP contribution < -0.4 is 0 Å². The molecular formula is C21H38O4. The van der Waals surface area contributed by atoms with Gasteiger partial charge in [0.2, 0.25) is 0 Å². The minimum atomic E-state index is -0.775. The summed E-state index contributed by atoms with van der Waals surface area (Å²) in [6, 6.07) is 0. The Morgan fingerprint density at radius 1 is 0.920 bits per heavy atom. The van der Waals surface area contributed by atoms with Gasteiger partial charge in [0.05, 0.1) is 11.8 Å². The topological polar surface area (TPSA) is 63.6 Å². The van der Waals surface area contributed by atoms with E-state index < -0.39 is 5.97 Å². The van der Waals surface area contributed by atoms with Crippen molar-refractivity contribution in [2.75, 3.05) is 0 Å². The molecule has 0 bridgehead atoms. The van der Waals surface area contributed by atoms with Gasteiger partial charge in [-0.1, -0.05) is 47.0 Å². The molecule has 4 nitrogen and oxygen atoms in total. The van der Waals surface area contributed by atoms with Gasteiger partial charge in [-0.05, 0) is 56.8 Å². The predicted octanol–water partition coefficient (Wildman–Crippen LogP) is 5.44. The molecule has 1 saturated carbocycles. The van der Waals surface area contributed by atoms with Crippen LogP contribution in [0.25, 0.3) is 0 Å². The van der Waals surface area contributed by atoms with Crippen molar-refractivity contribution in [1.82, 2.24) is 0 Å². The van der Waals surface area contributed by atoms with Crippen molar-refractivity contribution in [1.29, 1.82) is 0 Å². The zero-order valence-corrected chi connectivity index (χ0v) is 16.6. The van der Waals surface area contributed by atoms with Gasteiger partial charge in [0.25, 0.3) is 0 Å². The van der Waals surface area contributed by atoms with Crippen LogP contribution in [0.4, 0.5) is 0 Å². The maximum absolute atomic E-state index is 12.5. The summed E-state index contributed by atoms with van der Waals surface area (Å²) in [7, 11) is 0. The number of carbonyl (C=O) groups excluding carboxylic acids is 1. The van der Waals surface area contributed by atoms with Crippen molar-refractivity contribution in [2.24, 2.45) is 23.7 Å². The molecule has 0 spiro atoms. The van der Waals surface area contributed by atoms with E-state index in [2.05, 4.69) is 27.7 Å². The number of carboxylic acid groups (broad SMARTS) is 1. The smallest absolute Gasteiger partial charge is 0.309 e. The highest BCUT2D eigenvalue weighted by Gasteiger charge is 2.33. The summed E-state index contributed by atoms with van der Waals surface area (Å²) in [5.41, 5.74) is 0. The third-order valence-electron chi connectivity index (χ3n) is 5.26. The highest BCUT2D eigenvalue weighted by Crippen LogP contribution is 2.31. The third-order valence-corrected chi connectivity index (χ3v) is 5.26. The molecule has 1 fully saturated rings. The fraction of sp³-hybridized carbons (Fsp3) is 0.905. The Kier molecular flexibility index (Phi) is 10.1. The molecule has 0 aliphatic heterocycles. The zero-order valence-electron chi connectivity index (χ0n) is 16.6. The Bertz CT molecular complexity index is 403. The fourth-order valence-electron chi connectivity index (χ4n) is 3.59. The molecule has 3 atom stereocenters. The minimum absolute atomic E-state index is 0.00716. The number of rotatable bonds is 11. The molecule has 0 saturated heterocycles. The van der Waals surface area contributed by atoms with Gasteiger partial charge in [-0.25, -0.2) is 0 Å². The summed E-state index contributed by atoms with van der Waals surface area (Å²) in [5, 5.41) is 9.20. The van der Waals surface area contributed by atoms with Crippen molar-refractivity contribution in [3.63, 3.8) is 0 Å². The van der Waals surface area contributed by atoms with Crippen molar-refractivity contribution in [3.05, 3.63) is 0 Å². The number of carboxylic acids is 1. The second-order valence-electron chi connectivity index (χ2n) is 8.61. The zero-order chi connectivity index (χ0) is 18.8. The van der Waals surface area contributed by atoms with E-state index in [1.165, 1.54) is 12.8 Å². The lowest BCUT2D eigenvalue weighted by Crippen LogP contribution is -2.31. The summed E-state index contributed by atoms with van der Waals surface area (Å²) >= 11 is 0. The summed E-state index contributed by atoms with van der Waals surface area (Å²) in [6.07, 6.45) is 9.10. The first-order chi connectivity index (χ1) is 11.8. The van der Waals surface area contributed by atoms with E-state index in [9.17, 15) is 14.7 Å². The van der Waals surface area contributed by atoms with Crippen LogP contribution in [0.2, 0.25) is 0 Å². The van der Waals surface area contributed by atoms with E-state index in [4.69, 9.17) is 4.74 Å². The fourth-order valence-corrected chi connectivity index (χ4v) is 3.59. The van der Waals surface area contributed by atoms with Crippen molar-refractivity contribution >= 4 is 11.9 Å². The maximum Gasteiger partial charge on any atom is 0.309 e. The average Bonchev–Trinajstić information content (AvgIpc) is 2.55. The first-order valence-corrected chi connectivity index (χ1v) is 10.2. The van der Waals surface area contributed by atoms with Crippen molar-refractivity contribution < 1.29 is 19.4 Å². The molecular weight excluding hydrogens is 316 g/mol. The van der Waals surface area contributed by atoms with E-state index in [1.54, 1.807) is 0 Å². The standard InChI is InChI=1S/C21H38O4/c1-15(2)8-5-6-11-19(13-12-16(3)4)25-21(24)18-10-7-9-17(14-18)20(22)23/h15-19H,5-14H2,1-4H3,(H,22,23). The van der Waals surface area contributed by atoms with E-state index in [0.29, 0.717) is 24.7 Å². The normalized spacial score (nSPS) is 22.2. The summed E-state index contributed by atoms with van der Waals surface area (Å²) < 4.78 is 5.84. The predicted molar refractivity (Wildman–Crippen MR) is 100 cm³/mol. The molecule has 1 aliphatic carbocycles. The highest BCUT2D eigenvalue weighted by atomic mass is 16.5. The van der Waals surface area contributed by atoms with Gasteiger partial charge in [-0.3, -0.25) is 9.59 Å². The third kappa shape index (κ3) is 9.27. The van der Waals surface area contributed by atoms with Gasteiger partial charge in [-0.15, -0.1) is 0 Å². The Labute approximate surface area is 153 Å².